The van der Waals surface area contributed by atoms with Crippen LogP contribution in [0.2, 0.25) is 0 Å². The molecule has 0 bridgehead atoms. The molecule has 4 aliphatic rings. The third-order valence-electron chi connectivity index (χ3n) is 11.9. The van der Waals surface area contributed by atoms with Gasteiger partial charge in [-0.1, -0.05) is 57.2 Å². The average molecular weight is 803 g/mol. The van der Waals surface area contributed by atoms with Crippen molar-refractivity contribution in [1.29, 1.82) is 0 Å². The minimum absolute atomic E-state index is 0.0256. The molecular formula is C43H55N4O9P. The Morgan fingerprint density at radius 3 is 2.40 bits per heavy atom. The number of pyridine rings is 1. The molecule has 1 aliphatic heterocycles. The van der Waals surface area contributed by atoms with E-state index < -0.39 is 59.8 Å². The minimum Gasteiger partial charge on any atom is -0.497 e. The number of nitrogens with zero attached hydrogens (tertiary/aromatic N) is 2. The van der Waals surface area contributed by atoms with Gasteiger partial charge >= 0.3 is 13.7 Å². The predicted molar refractivity (Wildman–Crippen MR) is 216 cm³/mol. The van der Waals surface area contributed by atoms with Crippen LogP contribution in [0.4, 0.5) is 4.79 Å². The van der Waals surface area contributed by atoms with Crippen LogP contribution in [-0.2, 0) is 23.4 Å². The second kappa shape index (κ2) is 15.7. The molecule has 3 N–H and O–H groups in total. The SMILES string of the molecule is C=CC1CC1(NC(=O)C1(C)C[C@@H](Oc2cc(-c3ccccc3)nc3cc(OC)ccc23)CN1C(=O)[C@@H](NC(=O)OC1CCCC1)C(C)(C)C)P(=O)(O)OCC1CC1. The second-order valence-corrected chi connectivity index (χ2v) is 19.5. The highest BCUT2D eigenvalue weighted by Gasteiger charge is 2.68. The van der Waals surface area contributed by atoms with E-state index in [9.17, 15) is 23.8 Å². The van der Waals surface area contributed by atoms with E-state index in [1.54, 1.807) is 20.1 Å². The molecule has 13 nitrogen and oxygen atoms in total. The quantitative estimate of drug-likeness (QED) is 0.111. The topological polar surface area (TPSA) is 166 Å². The number of hydrogen-bond acceptors (Lipinski definition) is 9. The molecule has 3 aliphatic carbocycles. The summed E-state index contributed by atoms with van der Waals surface area (Å²) in [4.78, 5) is 60.7. The molecule has 57 heavy (non-hydrogen) atoms. The molecule has 3 aromatic rings. The fourth-order valence-corrected chi connectivity index (χ4v) is 9.97. The van der Waals surface area contributed by atoms with Gasteiger partial charge < -0.3 is 39.2 Å². The molecule has 1 saturated heterocycles. The summed E-state index contributed by atoms with van der Waals surface area (Å²) in [5.41, 5.74) is -0.227. The Balaban J connectivity index is 1.23. The minimum atomic E-state index is -4.39. The van der Waals surface area contributed by atoms with Gasteiger partial charge in [-0.25, -0.2) is 9.78 Å². The third-order valence-corrected chi connectivity index (χ3v) is 14.1. The molecule has 3 saturated carbocycles. The lowest BCUT2D eigenvalue weighted by atomic mass is 9.85. The fourth-order valence-electron chi connectivity index (χ4n) is 8.13. The maximum atomic E-state index is 14.9. The first-order chi connectivity index (χ1) is 27.1. The molecule has 306 valence electrons. The fraction of sp³-hybridized carbons (Fsp3) is 0.535. The Morgan fingerprint density at radius 2 is 1.77 bits per heavy atom. The van der Waals surface area contributed by atoms with E-state index in [0.717, 1.165) is 44.1 Å². The number of ether oxygens (including phenoxy) is 3. The van der Waals surface area contributed by atoms with Crippen molar-refractivity contribution >= 4 is 36.4 Å². The maximum absolute atomic E-state index is 14.9. The third kappa shape index (κ3) is 8.43. The standard InChI is InChI=1S/C43H55N4O9P/c1-7-29-23-43(29,57(51,52)54-26-27-17-18-27)46-39(49)42(5)24-32(25-47(42)38(48)37(41(2,3)4)45-40(50)56-30-15-11-12-16-30)55-36-22-34(28-13-9-8-10-14-28)44-35-21-31(53-6)19-20-33(35)36/h7-10,13-14,19-22,27,29-30,32,37H,1,11-12,15-18,23-26H2,2-6H3,(H,45,50)(H,46,49)(H,51,52)/t29?,32-,37-,42?,43?/m1/s1. The number of amides is 3. The number of rotatable bonds is 14. The van der Waals surface area contributed by atoms with Crippen LogP contribution in [-0.4, -0.2) is 82.0 Å². The summed E-state index contributed by atoms with van der Waals surface area (Å²) in [6.45, 7) is 11.1. The highest BCUT2D eigenvalue weighted by atomic mass is 31.2. The number of carbonyl (C=O) groups excluding carboxylic acids is 3. The number of carbonyl (C=O) groups is 3. The van der Waals surface area contributed by atoms with Crippen molar-refractivity contribution < 1.29 is 42.6 Å². The summed E-state index contributed by atoms with van der Waals surface area (Å²) in [6.07, 6.45) is 5.42. The number of nitrogens with one attached hydrogen (secondary N) is 2. The van der Waals surface area contributed by atoms with Crippen LogP contribution in [0.15, 0.2) is 67.3 Å². The smallest absolute Gasteiger partial charge is 0.408 e. The molecule has 2 heterocycles. The van der Waals surface area contributed by atoms with Crippen molar-refractivity contribution in [1.82, 2.24) is 20.5 Å². The van der Waals surface area contributed by atoms with Gasteiger partial charge in [-0.2, -0.15) is 0 Å². The van der Waals surface area contributed by atoms with Gasteiger partial charge in [0.05, 0.1) is 31.5 Å². The summed E-state index contributed by atoms with van der Waals surface area (Å²) >= 11 is 0. The van der Waals surface area contributed by atoms with Crippen LogP contribution < -0.4 is 20.1 Å². The molecule has 3 amide bonds. The highest BCUT2D eigenvalue weighted by molar-refractivity contribution is 7.55. The average Bonchev–Trinajstić information content (AvgIpc) is 4.06. The number of hydrogen-bond donors (Lipinski definition) is 3. The first-order valence-corrected chi connectivity index (χ1v) is 21.6. The lowest BCUT2D eigenvalue weighted by molar-refractivity contribution is -0.147. The molecule has 2 aromatic carbocycles. The Hall–Kier alpha value is -4.45. The summed E-state index contributed by atoms with van der Waals surface area (Å²) < 4.78 is 37.5. The second-order valence-electron chi connectivity index (χ2n) is 17.4. The van der Waals surface area contributed by atoms with Crippen LogP contribution in [0, 0.1) is 17.3 Å². The number of aromatic nitrogens is 1. The van der Waals surface area contributed by atoms with E-state index in [1.807, 2.05) is 75.4 Å². The Kier molecular flexibility index (Phi) is 11.2. The van der Waals surface area contributed by atoms with Crippen molar-refractivity contribution in [2.24, 2.45) is 17.3 Å². The van der Waals surface area contributed by atoms with Gasteiger partial charge in [0.15, 0.2) is 0 Å². The zero-order valence-electron chi connectivity index (χ0n) is 33.5. The van der Waals surface area contributed by atoms with E-state index in [4.69, 9.17) is 23.7 Å². The van der Waals surface area contributed by atoms with Gasteiger partial charge in [0.2, 0.25) is 11.8 Å². The van der Waals surface area contributed by atoms with Gasteiger partial charge in [-0.05, 0) is 75.3 Å². The Bertz CT molecular complexity index is 2060. The monoisotopic (exact) mass is 802 g/mol. The first kappa shape index (κ1) is 40.7. The zero-order valence-corrected chi connectivity index (χ0v) is 34.4. The summed E-state index contributed by atoms with van der Waals surface area (Å²) in [6, 6.07) is 15.9. The number of benzene rings is 2. The lowest BCUT2D eigenvalue weighted by Crippen LogP contribution is -2.63. The lowest BCUT2D eigenvalue weighted by Gasteiger charge is -2.40. The first-order valence-electron chi connectivity index (χ1n) is 20.0. The van der Waals surface area contributed by atoms with Crippen molar-refractivity contribution in [3.63, 3.8) is 0 Å². The largest absolute Gasteiger partial charge is 0.497 e. The van der Waals surface area contributed by atoms with E-state index in [2.05, 4.69) is 17.2 Å². The zero-order chi connectivity index (χ0) is 40.8. The Morgan fingerprint density at radius 1 is 1.05 bits per heavy atom. The van der Waals surface area contributed by atoms with Gasteiger partial charge in [0, 0.05) is 35.4 Å². The van der Waals surface area contributed by atoms with Crippen molar-refractivity contribution in [3.05, 3.63) is 67.3 Å². The highest BCUT2D eigenvalue weighted by Crippen LogP contribution is 2.70. The molecule has 4 fully saturated rings. The van der Waals surface area contributed by atoms with E-state index in [0.29, 0.717) is 28.1 Å². The van der Waals surface area contributed by atoms with Gasteiger partial charge in [0.1, 0.15) is 40.6 Å². The summed E-state index contributed by atoms with van der Waals surface area (Å²) in [5, 5.41) is 4.86. The van der Waals surface area contributed by atoms with Crippen molar-refractivity contribution in [3.8, 4) is 22.8 Å². The summed E-state index contributed by atoms with van der Waals surface area (Å²) in [7, 11) is -2.80. The van der Waals surface area contributed by atoms with Crippen molar-refractivity contribution in [2.75, 3.05) is 20.3 Å². The predicted octanol–water partition coefficient (Wildman–Crippen LogP) is 7.36. The molecule has 6 atom stereocenters. The van der Waals surface area contributed by atoms with Crippen LogP contribution >= 0.6 is 7.60 Å². The Labute approximate surface area is 334 Å². The summed E-state index contributed by atoms with van der Waals surface area (Å²) in [5.74, 6) is -0.323. The molecule has 0 radical (unpaired) electrons. The van der Waals surface area contributed by atoms with E-state index in [-0.39, 0.29) is 38.0 Å². The van der Waals surface area contributed by atoms with Crippen LogP contribution in [0.25, 0.3) is 22.2 Å². The molecule has 4 unspecified atom stereocenters. The number of methoxy groups -OCH3 is 1. The van der Waals surface area contributed by atoms with Gasteiger partial charge in [0.25, 0.3) is 0 Å². The molecule has 0 spiro atoms. The van der Waals surface area contributed by atoms with Gasteiger partial charge in [-0.3, -0.25) is 14.2 Å². The molecule has 1 aromatic heterocycles. The normalized spacial score (nSPS) is 26.3. The number of likely N-dealkylation sites (tertiary alicyclic amines) is 1. The van der Waals surface area contributed by atoms with Crippen LogP contribution in [0.3, 0.4) is 0 Å². The van der Waals surface area contributed by atoms with Crippen LogP contribution in [0.5, 0.6) is 11.5 Å². The number of fused-ring (bicyclic) bond motifs is 1. The van der Waals surface area contributed by atoms with E-state index >= 15 is 0 Å². The van der Waals surface area contributed by atoms with E-state index in [1.165, 1.54) is 4.90 Å². The van der Waals surface area contributed by atoms with Gasteiger partial charge in [-0.15, -0.1) is 6.58 Å². The molecule has 7 rings (SSSR count). The molecular weight excluding hydrogens is 747 g/mol. The van der Waals surface area contributed by atoms with Crippen molar-refractivity contribution in [2.45, 2.75) is 108 Å². The maximum Gasteiger partial charge on any atom is 0.408 e. The van der Waals surface area contributed by atoms with Crippen LogP contribution in [0.1, 0.15) is 79.1 Å². The number of alkyl carbamates (subject to hydrolysis) is 1. The molecule has 14 heteroatoms.